The zero-order valence-corrected chi connectivity index (χ0v) is 24.7. The van der Waals surface area contributed by atoms with Gasteiger partial charge in [0.25, 0.3) is 7.52 Å². The van der Waals surface area contributed by atoms with Gasteiger partial charge in [-0.3, -0.25) is 13.7 Å². The third kappa shape index (κ3) is 5.37. The van der Waals surface area contributed by atoms with E-state index in [0.717, 1.165) is 19.3 Å². The number of halogens is 1. The summed E-state index contributed by atoms with van der Waals surface area (Å²) in [4.78, 5) is 41.2. The zero-order chi connectivity index (χ0) is 28.9. The first kappa shape index (κ1) is 28.9. The maximum absolute atomic E-state index is 12.1. The SMILES string of the molecule is C[C@]12C[C@@H]3C[C@](C)(C1)C[C@@](Nc1nc(Cl)nc4c1ncn4C1OC(CNP(=O)(O)CP(=O)(O)O)C(O)C1O)(C3)C2. The van der Waals surface area contributed by atoms with E-state index in [1.807, 2.05) is 0 Å². The number of aromatic nitrogens is 4. The van der Waals surface area contributed by atoms with E-state index in [2.05, 4.69) is 39.2 Å². The van der Waals surface area contributed by atoms with Crippen molar-refractivity contribution in [1.82, 2.24) is 24.6 Å². The lowest BCUT2D eigenvalue weighted by atomic mass is 9.43. The predicted octanol–water partition coefficient (Wildman–Crippen LogP) is 2.17. The number of fused-ring (bicyclic) bond motifs is 1. The smallest absolute Gasteiger partial charge is 0.336 e. The molecule has 5 unspecified atom stereocenters. The molecule has 17 heteroatoms. The van der Waals surface area contributed by atoms with Crippen LogP contribution in [0.4, 0.5) is 5.82 Å². The van der Waals surface area contributed by atoms with E-state index in [-0.39, 0.29) is 27.3 Å². The van der Waals surface area contributed by atoms with Crippen LogP contribution in [0.5, 0.6) is 0 Å². The van der Waals surface area contributed by atoms with Crippen LogP contribution in [-0.2, 0) is 13.9 Å². The molecule has 4 saturated carbocycles. The summed E-state index contributed by atoms with van der Waals surface area (Å²) in [5.74, 6) is -0.130. The fourth-order valence-electron chi connectivity index (χ4n) is 8.66. The second-order valence-electron chi connectivity index (χ2n) is 13.1. The number of nitrogens with zero attached hydrogens (tertiary/aromatic N) is 4. The van der Waals surface area contributed by atoms with E-state index in [0.29, 0.717) is 17.3 Å². The molecule has 3 heterocycles. The summed E-state index contributed by atoms with van der Waals surface area (Å²) in [5.41, 5.74) is 1.11. The molecule has 9 atom stereocenters. The Balaban J connectivity index is 1.25. The molecule has 2 aromatic heterocycles. The summed E-state index contributed by atoms with van der Waals surface area (Å²) in [5, 5.41) is 27.2. The van der Waals surface area contributed by atoms with Gasteiger partial charge in [-0.15, -0.1) is 0 Å². The number of aliphatic hydroxyl groups is 2. The molecule has 5 aliphatic rings. The van der Waals surface area contributed by atoms with Gasteiger partial charge in [0.05, 0.1) is 6.33 Å². The number of ether oxygens (including phenoxy) is 1. The van der Waals surface area contributed by atoms with Crippen molar-refractivity contribution in [3.8, 4) is 0 Å². The van der Waals surface area contributed by atoms with E-state index < -0.39 is 52.1 Å². The van der Waals surface area contributed by atoms with Gasteiger partial charge in [-0.2, -0.15) is 9.97 Å². The minimum absolute atomic E-state index is 0.0243. The lowest BCUT2D eigenvalue weighted by Gasteiger charge is -2.65. The normalized spacial score (nSPS) is 40.5. The van der Waals surface area contributed by atoms with Crippen molar-refractivity contribution < 1.29 is 38.8 Å². The first-order chi connectivity index (χ1) is 18.5. The highest BCUT2D eigenvalue weighted by Gasteiger charge is 2.60. The largest absolute Gasteiger partial charge is 0.387 e. The number of anilines is 1. The van der Waals surface area contributed by atoms with Gasteiger partial charge in [0.2, 0.25) is 5.28 Å². The van der Waals surface area contributed by atoms with E-state index in [4.69, 9.17) is 26.1 Å². The molecule has 40 heavy (non-hydrogen) atoms. The fraction of sp³-hybridized carbons (Fsp3) is 0.783. The van der Waals surface area contributed by atoms with Crippen LogP contribution in [0, 0.1) is 16.7 Å². The Kier molecular flexibility index (Phi) is 6.80. The lowest BCUT2D eigenvalue weighted by molar-refractivity contribution is -0.0973. The molecular weight excluding hydrogens is 586 g/mol. The Morgan fingerprint density at radius 3 is 2.38 bits per heavy atom. The van der Waals surface area contributed by atoms with E-state index >= 15 is 0 Å². The molecule has 0 aromatic carbocycles. The molecule has 0 radical (unpaired) electrons. The third-order valence-corrected chi connectivity index (χ3v) is 12.8. The molecule has 222 valence electrons. The summed E-state index contributed by atoms with van der Waals surface area (Å²) >= 11 is 6.36. The molecule has 4 aliphatic carbocycles. The number of hydrogen-bond acceptors (Lipinski definition) is 9. The van der Waals surface area contributed by atoms with Gasteiger partial charge in [0.15, 0.2) is 23.2 Å². The second kappa shape index (κ2) is 9.41. The average Bonchev–Trinajstić information content (AvgIpc) is 3.29. The van der Waals surface area contributed by atoms with Gasteiger partial charge in [-0.25, -0.2) is 10.1 Å². The van der Waals surface area contributed by atoms with Crippen molar-refractivity contribution in [2.24, 2.45) is 16.7 Å². The number of rotatable bonds is 8. The van der Waals surface area contributed by atoms with Crippen LogP contribution in [0.2, 0.25) is 5.28 Å². The molecule has 2 aromatic rings. The average molecular weight is 621 g/mol. The maximum Gasteiger partial charge on any atom is 0.336 e. The molecule has 14 nitrogen and oxygen atoms in total. The highest BCUT2D eigenvalue weighted by molar-refractivity contribution is 7.71. The van der Waals surface area contributed by atoms with Gasteiger partial charge in [-0.05, 0) is 66.9 Å². The summed E-state index contributed by atoms with van der Waals surface area (Å²) in [6.07, 6.45) is 2.92. The topological polar surface area (TPSA) is 212 Å². The molecule has 1 saturated heterocycles. The molecular formula is C23H35ClN6O8P2. The Bertz CT molecular complexity index is 1420. The fourth-order valence-corrected chi connectivity index (χ4v) is 11.7. The quantitative estimate of drug-likeness (QED) is 0.167. The van der Waals surface area contributed by atoms with Crippen LogP contribution in [0.25, 0.3) is 11.2 Å². The van der Waals surface area contributed by atoms with E-state index in [9.17, 15) is 24.2 Å². The summed E-state index contributed by atoms with van der Waals surface area (Å²) in [6, 6.07) is 0. The molecule has 5 fully saturated rings. The molecule has 7 rings (SSSR count). The third-order valence-electron chi connectivity index (χ3n) is 8.93. The maximum atomic E-state index is 12.1. The van der Waals surface area contributed by atoms with Crippen LogP contribution in [0.3, 0.4) is 0 Å². The van der Waals surface area contributed by atoms with Gasteiger partial charge in [0.1, 0.15) is 24.2 Å². The first-order valence-corrected chi connectivity index (χ1v) is 17.3. The van der Waals surface area contributed by atoms with E-state index in [1.165, 1.54) is 30.2 Å². The summed E-state index contributed by atoms with van der Waals surface area (Å²) in [6.45, 7) is 4.31. The molecule has 0 amide bonds. The number of nitrogens with one attached hydrogen (secondary N) is 2. The van der Waals surface area contributed by atoms with Crippen LogP contribution >= 0.6 is 26.7 Å². The number of hydrogen-bond donors (Lipinski definition) is 7. The molecule has 1 aliphatic heterocycles. The van der Waals surface area contributed by atoms with E-state index in [1.54, 1.807) is 0 Å². The molecule has 0 spiro atoms. The van der Waals surface area contributed by atoms with Gasteiger partial charge in [-0.1, -0.05) is 13.8 Å². The highest BCUT2D eigenvalue weighted by Crippen LogP contribution is 2.67. The van der Waals surface area contributed by atoms with Crippen molar-refractivity contribution in [2.75, 3.05) is 17.8 Å². The molecule has 7 N–H and O–H groups in total. The van der Waals surface area contributed by atoms with Crippen molar-refractivity contribution in [3.05, 3.63) is 11.6 Å². The number of imidazole rings is 1. The van der Waals surface area contributed by atoms with Crippen molar-refractivity contribution in [2.45, 2.75) is 82.5 Å². The van der Waals surface area contributed by atoms with Gasteiger partial charge < -0.3 is 34.9 Å². The van der Waals surface area contributed by atoms with Crippen LogP contribution in [-0.4, -0.2) is 80.7 Å². The highest BCUT2D eigenvalue weighted by atomic mass is 35.5. The van der Waals surface area contributed by atoms with Gasteiger partial charge in [0, 0.05) is 12.1 Å². The lowest BCUT2D eigenvalue weighted by Crippen LogP contribution is -2.61. The minimum Gasteiger partial charge on any atom is -0.387 e. The minimum atomic E-state index is -4.77. The molecule has 4 bridgehead atoms. The van der Waals surface area contributed by atoms with Crippen molar-refractivity contribution >= 4 is 43.7 Å². The predicted molar refractivity (Wildman–Crippen MR) is 145 cm³/mol. The second-order valence-corrected chi connectivity index (χ2v) is 17.6. The first-order valence-electron chi connectivity index (χ1n) is 13.3. The standard InChI is InChI=1S/C23H35ClN6O8P2/c1-21-3-12-4-22(2,7-21)9-23(5-12,8-21)29-17-14-18(28-20(24)27-17)30(10-25-14)19-16(32)15(31)13(38-19)6-26-39(33,34)11-40(35,36)37/h10,12-13,15-16,19,31-32H,3-9,11H2,1-2H3,(H2,26,33,34)(H,27,28,29)(H2,35,36,37)/t12-,13?,15?,16?,19?,21+,22-,23-. The Morgan fingerprint density at radius 1 is 1.07 bits per heavy atom. The van der Waals surface area contributed by atoms with Crippen LogP contribution in [0.1, 0.15) is 58.6 Å². The van der Waals surface area contributed by atoms with Crippen LogP contribution < -0.4 is 10.4 Å². The zero-order valence-electron chi connectivity index (χ0n) is 22.1. The monoisotopic (exact) mass is 620 g/mol. The Hall–Kier alpha value is -1.18. The Labute approximate surface area is 235 Å². The van der Waals surface area contributed by atoms with Crippen molar-refractivity contribution in [3.63, 3.8) is 0 Å². The van der Waals surface area contributed by atoms with Crippen LogP contribution in [0.15, 0.2) is 6.33 Å². The summed E-state index contributed by atoms with van der Waals surface area (Å²) in [7, 11) is -9.20. The van der Waals surface area contributed by atoms with Crippen molar-refractivity contribution in [1.29, 1.82) is 0 Å². The Morgan fingerprint density at radius 2 is 1.75 bits per heavy atom. The summed E-state index contributed by atoms with van der Waals surface area (Å²) < 4.78 is 30.5. The number of aliphatic hydroxyl groups excluding tert-OH is 2. The van der Waals surface area contributed by atoms with Gasteiger partial charge >= 0.3 is 7.60 Å².